The highest BCUT2D eigenvalue weighted by Gasteiger charge is 2.28. The zero-order valence-corrected chi connectivity index (χ0v) is 13.1. The van der Waals surface area contributed by atoms with Crippen LogP contribution in [-0.4, -0.2) is 32.6 Å². The first-order valence-electron chi connectivity index (χ1n) is 8.08. The fraction of sp³-hybridized carbons (Fsp3) is 0.294. The molecule has 0 spiro atoms. The summed E-state index contributed by atoms with van der Waals surface area (Å²) >= 11 is 0. The molecule has 2 N–H and O–H groups in total. The molecular weight excluding hydrogens is 304 g/mol. The van der Waals surface area contributed by atoms with Crippen molar-refractivity contribution in [1.29, 1.82) is 0 Å². The maximum atomic E-state index is 12.7. The molecule has 0 saturated heterocycles. The maximum absolute atomic E-state index is 12.7. The highest BCUT2D eigenvalue weighted by molar-refractivity contribution is 5.78. The molecule has 1 aromatic carbocycles. The van der Waals surface area contributed by atoms with Crippen LogP contribution in [-0.2, 0) is 0 Å². The van der Waals surface area contributed by atoms with Crippen LogP contribution in [0.5, 0.6) is 0 Å². The molecule has 0 amide bonds. The Morgan fingerprint density at radius 1 is 1.12 bits per heavy atom. The quantitative estimate of drug-likeness (QED) is 0.676. The second-order valence-electron chi connectivity index (χ2n) is 5.80. The number of para-hydroxylation sites is 1. The SMILES string of the molecule is O=c1c2ccccc2nc(NCCNc2cnccn2)n1C1CC1. The molecule has 3 aromatic rings. The van der Waals surface area contributed by atoms with Crippen molar-refractivity contribution in [3.8, 4) is 0 Å². The van der Waals surface area contributed by atoms with E-state index < -0.39 is 0 Å². The van der Waals surface area contributed by atoms with Gasteiger partial charge in [-0.25, -0.2) is 9.97 Å². The smallest absolute Gasteiger partial charge is 0.263 e. The van der Waals surface area contributed by atoms with Gasteiger partial charge in [0.15, 0.2) is 0 Å². The number of hydrogen-bond acceptors (Lipinski definition) is 6. The fourth-order valence-corrected chi connectivity index (χ4v) is 2.70. The van der Waals surface area contributed by atoms with Gasteiger partial charge in [-0.2, -0.15) is 0 Å². The zero-order chi connectivity index (χ0) is 16.4. The first-order valence-corrected chi connectivity index (χ1v) is 8.08. The summed E-state index contributed by atoms with van der Waals surface area (Å²) in [7, 11) is 0. The average Bonchev–Trinajstić information content (AvgIpc) is 3.45. The summed E-state index contributed by atoms with van der Waals surface area (Å²) in [5.41, 5.74) is 0.760. The van der Waals surface area contributed by atoms with Crippen molar-refractivity contribution >= 4 is 22.7 Å². The Hall–Kier alpha value is -2.96. The van der Waals surface area contributed by atoms with Crippen LogP contribution in [0.25, 0.3) is 10.9 Å². The number of hydrogen-bond donors (Lipinski definition) is 2. The molecule has 0 atom stereocenters. The fourth-order valence-electron chi connectivity index (χ4n) is 2.70. The van der Waals surface area contributed by atoms with Gasteiger partial charge in [-0.15, -0.1) is 0 Å². The largest absolute Gasteiger partial charge is 0.367 e. The highest BCUT2D eigenvalue weighted by atomic mass is 16.1. The third kappa shape index (κ3) is 2.92. The van der Waals surface area contributed by atoms with Crippen molar-refractivity contribution in [2.75, 3.05) is 23.7 Å². The standard InChI is InChI=1S/C17H18N6O/c24-16-13-3-1-2-4-14(13)22-17(23(16)12-5-6-12)21-10-9-20-15-11-18-7-8-19-15/h1-4,7-8,11-12H,5-6,9-10H2,(H,19,20)(H,21,22). The lowest BCUT2D eigenvalue weighted by Gasteiger charge is -2.14. The van der Waals surface area contributed by atoms with Crippen LogP contribution in [0.1, 0.15) is 18.9 Å². The summed E-state index contributed by atoms with van der Waals surface area (Å²) in [6.07, 6.45) is 7.02. The van der Waals surface area contributed by atoms with Crippen LogP contribution >= 0.6 is 0 Å². The molecule has 2 heterocycles. The molecule has 4 rings (SSSR count). The van der Waals surface area contributed by atoms with Crippen molar-refractivity contribution in [1.82, 2.24) is 19.5 Å². The number of nitrogens with zero attached hydrogens (tertiary/aromatic N) is 4. The van der Waals surface area contributed by atoms with Gasteiger partial charge in [0.2, 0.25) is 5.95 Å². The summed E-state index contributed by atoms with van der Waals surface area (Å²) in [5.74, 6) is 1.37. The Morgan fingerprint density at radius 2 is 1.96 bits per heavy atom. The van der Waals surface area contributed by atoms with E-state index in [0.717, 1.165) is 24.2 Å². The van der Waals surface area contributed by atoms with E-state index in [0.29, 0.717) is 24.4 Å². The van der Waals surface area contributed by atoms with Crippen molar-refractivity contribution < 1.29 is 0 Å². The molecule has 1 saturated carbocycles. The Morgan fingerprint density at radius 3 is 2.75 bits per heavy atom. The predicted octanol–water partition coefficient (Wildman–Crippen LogP) is 2.05. The lowest BCUT2D eigenvalue weighted by atomic mass is 10.2. The second-order valence-corrected chi connectivity index (χ2v) is 5.80. The molecule has 2 aromatic heterocycles. The van der Waals surface area contributed by atoms with Gasteiger partial charge in [0.1, 0.15) is 5.82 Å². The van der Waals surface area contributed by atoms with Crippen molar-refractivity contribution in [3.05, 3.63) is 53.2 Å². The van der Waals surface area contributed by atoms with Gasteiger partial charge in [-0.05, 0) is 25.0 Å². The van der Waals surface area contributed by atoms with E-state index in [1.165, 1.54) is 0 Å². The third-order valence-electron chi connectivity index (χ3n) is 4.00. The zero-order valence-electron chi connectivity index (χ0n) is 13.1. The topological polar surface area (TPSA) is 84.7 Å². The number of rotatable bonds is 6. The molecule has 1 fully saturated rings. The predicted molar refractivity (Wildman–Crippen MR) is 93.3 cm³/mol. The molecule has 0 radical (unpaired) electrons. The molecule has 0 bridgehead atoms. The van der Waals surface area contributed by atoms with E-state index in [1.54, 1.807) is 23.2 Å². The van der Waals surface area contributed by atoms with Crippen LogP contribution < -0.4 is 16.2 Å². The number of aromatic nitrogens is 4. The van der Waals surface area contributed by atoms with E-state index in [2.05, 4.69) is 25.6 Å². The summed E-state index contributed by atoms with van der Waals surface area (Å²) < 4.78 is 1.80. The van der Waals surface area contributed by atoms with Gasteiger partial charge in [-0.3, -0.25) is 14.3 Å². The lowest BCUT2D eigenvalue weighted by molar-refractivity contribution is 0.703. The minimum atomic E-state index is 0.0347. The summed E-state index contributed by atoms with van der Waals surface area (Å²) in [4.78, 5) is 25.5. The lowest BCUT2D eigenvalue weighted by Crippen LogP contribution is -2.26. The summed E-state index contributed by atoms with van der Waals surface area (Å²) in [6.45, 7) is 1.29. The minimum absolute atomic E-state index is 0.0347. The molecular formula is C17H18N6O. The van der Waals surface area contributed by atoms with Crippen molar-refractivity contribution in [2.45, 2.75) is 18.9 Å². The van der Waals surface area contributed by atoms with Crippen LogP contribution in [0.2, 0.25) is 0 Å². The van der Waals surface area contributed by atoms with Crippen LogP contribution in [0, 0.1) is 0 Å². The van der Waals surface area contributed by atoms with E-state index >= 15 is 0 Å². The first kappa shape index (κ1) is 14.6. The van der Waals surface area contributed by atoms with Gasteiger partial charge >= 0.3 is 0 Å². The van der Waals surface area contributed by atoms with E-state index in [-0.39, 0.29) is 11.6 Å². The highest BCUT2D eigenvalue weighted by Crippen LogP contribution is 2.35. The van der Waals surface area contributed by atoms with Crippen LogP contribution in [0.15, 0.2) is 47.7 Å². The number of nitrogens with one attached hydrogen (secondary N) is 2. The van der Waals surface area contributed by atoms with Gasteiger partial charge < -0.3 is 10.6 Å². The van der Waals surface area contributed by atoms with Crippen molar-refractivity contribution in [2.24, 2.45) is 0 Å². The monoisotopic (exact) mass is 322 g/mol. The van der Waals surface area contributed by atoms with E-state index in [4.69, 9.17) is 0 Å². The Labute approximate surface area is 138 Å². The Balaban J connectivity index is 1.53. The van der Waals surface area contributed by atoms with Gasteiger partial charge in [0, 0.05) is 31.5 Å². The molecule has 0 aliphatic heterocycles. The van der Waals surface area contributed by atoms with E-state index in [1.807, 2.05) is 24.3 Å². The molecule has 24 heavy (non-hydrogen) atoms. The average molecular weight is 322 g/mol. The molecule has 1 aliphatic carbocycles. The van der Waals surface area contributed by atoms with Gasteiger partial charge in [0.25, 0.3) is 5.56 Å². The number of anilines is 2. The number of benzene rings is 1. The molecule has 1 aliphatic rings. The molecule has 122 valence electrons. The first-order chi connectivity index (χ1) is 11.8. The molecule has 7 heteroatoms. The molecule has 0 unspecified atom stereocenters. The Kier molecular flexibility index (Phi) is 3.82. The van der Waals surface area contributed by atoms with Crippen LogP contribution in [0.3, 0.4) is 0 Å². The van der Waals surface area contributed by atoms with Gasteiger partial charge in [-0.1, -0.05) is 12.1 Å². The van der Waals surface area contributed by atoms with Crippen LogP contribution in [0.4, 0.5) is 11.8 Å². The third-order valence-corrected chi connectivity index (χ3v) is 4.00. The van der Waals surface area contributed by atoms with E-state index in [9.17, 15) is 4.79 Å². The van der Waals surface area contributed by atoms with Crippen molar-refractivity contribution in [3.63, 3.8) is 0 Å². The summed E-state index contributed by atoms with van der Waals surface area (Å²) in [6, 6.07) is 7.75. The summed E-state index contributed by atoms with van der Waals surface area (Å²) in [5, 5.41) is 7.13. The normalized spacial score (nSPS) is 13.8. The maximum Gasteiger partial charge on any atom is 0.263 e. The Bertz CT molecular complexity index is 904. The molecule has 7 nitrogen and oxygen atoms in total. The minimum Gasteiger partial charge on any atom is -0.367 e. The number of fused-ring (bicyclic) bond motifs is 1. The van der Waals surface area contributed by atoms with Gasteiger partial charge in [0.05, 0.1) is 17.1 Å². The second kappa shape index (κ2) is 6.27.